The van der Waals surface area contributed by atoms with Crippen LogP contribution in [0.4, 0.5) is 37.7 Å². The van der Waals surface area contributed by atoms with E-state index in [1.54, 1.807) is 6.92 Å². The van der Waals surface area contributed by atoms with Crippen LogP contribution < -0.4 is 10.1 Å². The van der Waals surface area contributed by atoms with Crippen LogP contribution in [-0.4, -0.2) is 22.2 Å². The molecule has 0 aliphatic heterocycles. The van der Waals surface area contributed by atoms with Gasteiger partial charge in [0.2, 0.25) is 0 Å². The minimum absolute atomic E-state index is 0.114. The van der Waals surface area contributed by atoms with Crippen molar-refractivity contribution in [1.82, 2.24) is 0 Å². The van der Waals surface area contributed by atoms with Crippen molar-refractivity contribution in [3.8, 4) is 11.5 Å². The Hall–Kier alpha value is -2.83. The van der Waals surface area contributed by atoms with Gasteiger partial charge in [-0.3, -0.25) is 14.7 Å². The number of nitrogens with zero attached hydrogens (tertiary/aromatic N) is 1. The lowest BCUT2D eigenvalue weighted by Crippen LogP contribution is -2.13. The molecule has 2 aromatic carbocycles. The zero-order valence-corrected chi connectivity index (χ0v) is 18.5. The second-order valence-corrected chi connectivity index (χ2v) is 8.85. The van der Waals surface area contributed by atoms with Gasteiger partial charge in [-0.25, -0.2) is 0 Å². The molecule has 2 rings (SSSR count). The zero-order valence-electron chi connectivity index (χ0n) is 17.6. The molecule has 2 atom stereocenters. The molecule has 0 radical (unpaired) electrons. The van der Waals surface area contributed by atoms with E-state index in [0.29, 0.717) is 24.6 Å². The molecule has 0 saturated heterocycles. The van der Waals surface area contributed by atoms with Gasteiger partial charge in [-0.15, -0.1) is 0 Å². The van der Waals surface area contributed by atoms with Crippen LogP contribution in [0.15, 0.2) is 36.4 Å². The lowest BCUT2D eigenvalue weighted by Gasteiger charge is -2.19. The van der Waals surface area contributed by atoms with E-state index in [9.17, 15) is 45.9 Å². The highest BCUT2D eigenvalue weighted by molar-refractivity contribution is 7.52. The molecular weight excluding hydrogens is 497 g/mol. The zero-order chi connectivity index (χ0) is 25.9. The van der Waals surface area contributed by atoms with E-state index in [1.165, 1.54) is 6.92 Å². The van der Waals surface area contributed by atoms with Crippen molar-refractivity contribution in [1.29, 1.82) is 0 Å². The SMILES string of the molecule is CCC(C)OP(=O)(O)CNc1cc(Oc2cccc(C(F)(F)F)c2)c(C(F)(F)F)cc1[N+](=O)[O-]. The van der Waals surface area contributed by atoms with Crippen molar-refractivity contribution in [2.75, 3.05) is 11.6 Å². The van der Waals surface area contributed by atoms with Crippen molar-refractivity contribution in [3.05, 3.63) is 57.6 Å². The van der Waals surface area contributed by atoms with E-state index in [4.69, 9.17) is 9.26 Å². The predicted octanol–water partition coefficient (Wildman–Crippen LogP) is 6.79. The molecule has 0 heterocycles. The van der Waals surface area contributed by atoms with Crippen LogP contribution in [-0.2, 0) is 21.4 Å². The Balaban J connectivity index is 2.51. The highest BCUT2D eigenvalue weighted by Gasteiger charge is 2.38. The van der Waals surface area contributed by atoms with Gasteiger partial charge in [0, 0.05) is 12.1 Å². The first-order chi connectivity index (χ1) is 15.5. The van der Waals surface area contributed by atoms with Gasteiger partial charge in [0.05, 0.1) is 16.6 Å². The maximum atomic E-state index is 13.5. The van der Waals surface area contributed by atoms with Gasteiger partial charge < -0.3 is 19.5 Å². The van der Waals surface area contributed by atoms with Crippen LogP contribution >= 0.6 is 7.60 Å². The number of alkyl halides is 6. The molecule has 0 amide bonds. The third-order valence-electron chi connectivity index (χ3n) is 4.38. The second kappa shape index (κ2) is 10.2. The predicted molar refractivity (Wildman–Crippen MR) is 109 cm³/mol. The van der Waals surface area contributed by atoms with Crippen LogP contribution in [0.2, 0.25) is 0 Å². The first-order valence-electron chi connectivity index (χ1n) is 9.52. The topological polar surface area (TPSA) is 111 Å². The molecule has 188 valence electrons. The van der Waals surface area contributed by atoms with Gasteiger partial charge in [0.1, 0.15) is 29.0 Å². The van der Waals surface area contributed by atoms with Crippen LogP contribution in [0.5, 0.6) is 11.5 Å². The minimum Gasteiger partial charge on any atom is -0.457 e. The number of nitro groups is 1. The van der Waals surface area contributed by atoms with Crippen LogP contribution in [0.1, 0.15) is 31.4 Å². The molecule has 2 N–H and O–H groups in total. The standard InChI is InChI=1S/C19H19F6N2O6P/c1-3-11(2)33-34(30,31)10-26-15-9-17(14(19(23,24)25)8-16(15)27(28)29)32-13-6-4-5-12(7-13)18(20,21)22/h4-9,11,26H,3,10H2,1-2H3,(H,30,31). The van der Waals surface area contributed by atoms with E-state index >= 15 is 0 Å². The van der Waals surface area contributed by atoms with Crippen molar-refractivity contribution in [3.63, 3.8) is 0 Å². The summed E-state index contributed by atoms with van der Waals surface area (Å²) in [6.07, 6.45) is -11.2. The Morgan fingerprint density at radius 3 is 2.32 bits per heavy atom. The third kappa shape index (κ3) is 7.34. The fraction of sp³-hybridized carbons (Fsp3) is 0.368. The summed E-state index contributed by atoms with van der Waals surface area (Å²) in [5.41, 5.74) is -4.57. The highest BCUT2D eigenvalue weighted by Crippen LogP contribution is 2.47. The molecule has 2 unspecified atom stereocenters. The molecule has 0 aliphatic carbocycles. The minimum atomic E-state index is -5.17. The molecular formula is C19H19F6N2O6P. The summed E-state index contributed by atoms with van der Waals surface area (Å²) in [7, 11) is -4.35. The average molecular weight is 516 g/mol. The lowest BCUT2D eigenvalue weighted by atomic mass is 10.1. The van der Waals surface area contributed by atoms with E-state index in [2.05, 4.69) is 5.32 Å². The Kier molecular flexibility index (Phi) is 8.22. The largest absolute Gasteiger partial charge is 0.457 e. The molecule has 0 fully saturated rings. The van der Waals surface area contributed by atoms with E-state index < -0.39 is 71.3 Å². The fourth-order valence-electron chi connectivity index (χ4n) is 2.61. The summed E-state index contributed by atoms with van der Waals surface area (Å²) >= 11 is 0. The molecule has 0 aliphatic rings. The Bertz CT molecular complexity index is 1090. The molecule has 0 saturated carbocycles. The van der Waals surface area contributed by atoms with Gasteiger partial charge in [-0.05, 0) is 31.5 Å². The van der Waals surface area contributed by atoms with Crippen molar-refractivity contribution in [2.24, 2.45) is 0 Å². The summed E-state index contributed by atoms with van der Waals surface area (Å²) in [6.45, 7) is 3.15. The summed E-state index contributed by atoms with van der Waals surface area (Å²) in [5.74, 6) is -1.68. The Morgan fingerprint density at radius 1 is 1.15 bits per heavy atom. The van der Waals surface area contributed by atoms with Crippen LogP contribution in [0.25, 0.3) is 0 Å². The fourth-order valence-corrected chi connectivity index (χ4v) is 3.76. The van der Waals surface area contributed by atoms with Crippen molar-refractivity contribution < 1.29 is 50.0 Å². The number of rotatable bonds is 9. The van der Waals surface area contributed by atoms with Gasteiger partial charge in [-0.1, -0.05) is 13.0 Å². The molecule has 34 heavy (non-hydrogen) atoms. The number of halogens is 6. The maximum Gasteiger partial charge on any atom is 0.420 e. The smallest absolute Gasteiger partial charge is 0.420 e. The van der Waals surface area contributed by atoms with Crippen molar-refractivity contribution >= 4 is 19.0 Å². The summed E-state index contributed by atoms with van der Waals surface area (Å²) in [6, 6.07) is 3.64. The maximum absolute atomic E-state index is 13.5. The summed E-state index contributed by atoms with van der Waals surface area (Å²) < 4.78 is 102. The monoisotopic (exact) mass is 516 g/mol. The van der Waals surface area contributed by atoms with Gasteiger partial charge in [0.25, 0.3) is 5.69 Å². The van der Waals surface area contributed by atoms with Gasteiger partial charge in [0.15, 0.2) is 0 Å². The van der Waals surface area contributed by atoms with E-state index in [-0.39, 0.29) is 6.07 Å². The summed E-state index contributed by atoms with van der Waals surface area (Å²) in [4.78, 5) is 20.1. The van der Waals surface area contributed by atoms with Gasteiger partial charge in [-0.2, -0.15) is 26.3 Å². The number of hydrogen-bond donors (Lipinski definition) is 2. The number of nitrogens with one attached hydrogen (secondary N) is 1. The quantitative estimate of drug-likeness (QED) is 0.163. The third-order valence-corrected chi connectivity index (χ3v) is 5.63. The number of ether oxygens (including phenoxy) is 1. The Morgan fingerprint density at radius 2 is 1.79 bits per heavy atom. The van der Waals surface area contributed by atoms with Crippen LogP contribution in [0.3, 0.4) is 0 Å². The Labute approximate surface area is 189 Å². The molecule has 0 bridgehead atoms. The van der Waals surface area contributed by atoms with Gasteiger partial charge >= 0.3 is 19.9 Å². The first-order valence-corrected chi connectivity index (χ1v) is 11.3. The number of anilines is 1. The first kappa shape index (κ1) is 27.4. The number of hydrogen-bond acceptors (Lipinski definition) is 6. The van der Waals surface area contributed by atoms with Crippen molar-refractivity contribution in [2.45, 2.75) is 38.7 Å². The second-order valence-electron chi connectivity index (χ2n) is 7.04. The molecule has 2 aromatic rings. The highest BCUT2D eigenvalue weighted by atomic mass is 31.2. The van der Waals surface area contributed by atoms with E-state index in [1.807, 2.05) is 0 Å². The van der Waals surface area contributed by atoms with Crippen LogP contribution in [0, 0.1) is 10.1 Å². The number of nitro benzene ring substituents is 1. The lowest BCUT2D eigenvalue weighted by molar-refractivity contribution is -0.384. The molecule has 0 aromatic heterocycles. The normalized spacial score (nSPS) is 14.9. The molecule has 0 spiro atoms. The van der Waals surface area contributed by atoms with E-state index in [0.717, 1.165) is 12.1 Å². The molecule has 15 heteroatoms. The summed E-state index contributed by atoms with van der Waals surface area (Å²) in [5, 5.41) is 13.5. The number of benzene rings is 2. The average Bonchev–Trinajstić information content (AvgIpc) is 2.70. The molecule has 8 nitrogen and oxygen atoms in total.